The minimum atomic E-state index is -0.566. The normalized spacial score (nSPS) is 20.2. The first-order valence-corrected chi connectivity index (χ1v) is 11.9. The van der Waals surface area contributed by atoms with Gasteiger partial charge in [-0.25, -0.2) is 19.3 Å². The van der Waals surface area contributed by atoms with Crippen molar-refractivity contribution in [3.63, 3.8) is 0 Å². The van der Waals surface area contributed by atoms with Crippen LogP contribution in [0.2, 0.25) is 0 Å². The van der Waals surface area contributed by atoms with E-state index in [1.807, 2.05) is 13.0 Å². The summed E-state index contributed by atoms with van der Waals surface area (Å²) in [5.41, 5.74) is 9.39. The number of carbonyl (C=O) groups is 1. The Morgan fingerprint density at radius 2 is 1.88 bits per heavy atom. The fourth-order valence-electron chi connectivity index (χ4n) is 4.99. The molecule has 0 spiro atoms. The van der Waals surface area contributed by atoms with Crippen LogP contribution in [0.5, 0.6) is 0 Å². The molecule has 5 rings (SSSR count). The van der Waals surface area contributed by atoms with E-state index in [4.69, 9.17) is 5.73 Å². The molecule has 2 aliphatic rings. The van der Waals surface area contributed by atoms with Gasteiger partial charge in [-0.3, -0.25) is 4.79 Å². The van der Waals surface area contributed by atoms with Crippen LogP contribution in [0.1, 0.15) is 48.7 Å². The Labute approximate surface area is 198 Å². The molecular weight excluding hydrogens is 431 g/mol. The van der Waals surface area contributed by atoms with Gasteiger partial charge in [0, 0.05) is 35.0 Å². The van der Waals surface area contributed by atoms with E-state index in [2.05, 4.69) is 25.2 Å². The number of carbonyl (C=O) groups excluding carboxylic acids is 1. The number of nitrogens with one attached hydrogen (secondary N) is 1. The first kappa shape index (κ1) is 22.4. The lowest BCUT2D eigenvalue weighted by Crippen LogP contribution is -2.53. The Bertz CT molecular complexity index is 1190. The van der Waals surface area contributed by atoms with Gasteiger partial charge in [0.15, 0.2) is 0 Å². The molecule has 3 N–H and O–H groups in total. The second kappa shape index (κ2) is 9.46. The second-order valence-corrected chi connectivity index (χ2v) is 9.10. The minimum Gasteiger partial charge on any atom is -0.384 e. The SMILES string of the molecule is CCc1ncnc(-c2ccc(C(=O)NC3CC(N4CCCC4)C3)c(F)c2)c1-c1ccc(N)nc1. The number of aryl methyl sites for hydroxylation is 1. The molecule has 1 amide bonds. The predicted molar refractivity (Wildman–Crippen MR) is 130 cm³/mol. The van der Waals surface area contributed by atoms with Gasteiger partial charge in [0.05, 0.1) is 17.0 Å². The van der Waals surface area contributed by atoms with Gasteiger partial charge >= 0.3 is 0 Å². The predicted octanol–water partition coefficient (Wildman–Crippen LogP) is 3.85. The molecule has 176 valence electrons. The Morgan fingerprint density at radius 1 is 1.12 bits per heavy atom. The van der Waals surface area contributed by atoms with Crippen LogP contribution in [0.4, 0.5) is 10.2 Å². The van der Waals surface area contributed by atoms with Gasteiger partial charge in [0.1, 0.15) is 18.0 Å². The summed E-state index contributed by atoms with van der Waals surface area (Å²) < 4.78 is 15.1. The first-order valence-electron chi connectivity index (χ1n) is 11.9. The van der Waals surface area contributed by atoms with E-state index in [-0.39, 0.29) is 17.5 Å². The number of benzene rings is 1. The van der Waals surface area contributed by atoms with Gasteiger partial charge < -0.3 is 16.0 Å². The van der Waals surface area contributed by atoms with Gasteiger partial charge in [-0.15, -0.1) is 0 Å². The number of hydrogen-bond donors (Lipinski definition) is 2. The third-order valence-electron chi connectivity index (χ3n) is 6.93. The lowest BCUT2D eigenvalue weighted by Gasteiger charge is -2.41. The number of nitrogen functional groups attached to an aromatic ring is 1. The van der Waals surface area contributed by atoms with Crippen molar-refractivity contribution in [2.45, 2.75) is 51.1 Å². The smallest absolute Gasteiger partial charge is 0.254 e. The van der Waals surface area contributed by atoms with E-state index < -0.39 is 5.82 Å². The van der Waals surface area contributed by atoms with Gasteiger partial charge in [-0.2, -0.15) is 0 Å². The van der Waals surface area contributed by atoms with Crippen molar-refractivity contribution in [2.24, 2.45) is 0 Å². The van der Waals surface area contributed by atoms with Crippen LogP contribution in [0.15, 0.2) is 42.9 Å². The van der Waals surface area contributed by atoms with Gasteiger partial charge in [-0.1, -0.05) is 13.0 Å². The zero-order valence-electron chi connectivity index (χ0n) is 19.3. The number of pyridine rings is 1. The maximum atomic E-state index is 15.1. The van der Waals surface area contributed by atoms with Crippen molar-refractivity contribution in [3.8, 4) is 22.4 Å². The highest BCUT2D eigenvalue weighted by molar-refractivity contribution is 5.95. The van der Waals surface area contributed by atoms with Crippen LogP contribution >= 0.6 is 0 Å². The van der Waals surface area contributed by atoms with E-state index in [0.717, 1.165) is 42.8 Å². The number of aromatic nitrogens is 3. The van der Waals surface area contributed by atoms with Crippen molar-refractivity contribution in [1.29, 1.82) is 0 Å². The van der Waals surface area contributed by atoms with Crippen molar-refractivity contribution in [1.82, 2.24) is 25.2 Å². The van der Waals surface area contributed by atoms with Crippen LogP contribution in [-0.4, -0.2) is 50.9 Å². The Kier molecular flexibility index (Phi) is 6.24. The summed E-state index contributed by atoms with van der Waals surface area (Å²) in [6, 6.07) is 8.88. The molecule has 3 aromatic rings. The second-order valence-electron chi connectivity index (χ2n) is 9.10. The van der Waals surface area contributed by atoms with Crippen molar-refractivity contribution in [3.05, 3.63) is 59.9 Å². The highest BCUT2D eigenvalue weighted by atomic mass is 19.1. The van der Waals surface area contributed by atoms with Gasteiger partial charge in [0.25, 0.3) is 5.91 Å². The first-order chi connectivity index (χ1) is 16.5. The molecule has 0 unspecified atom stereocenters. The molecule has 0 atom stereocenters. The number of anilines is 1. The quantitative estimate of drug-likeness (QED) is 0.580. The zero-order valence-corrected chi connectivity index (χ0v) is 19.3. The lowest BCUT2D eigenvalue weighted by molar-refractivity contribution is 0.0816. The van der Waals surface area contributed by atoms with E-state index in [0.29, 0.717) is 29.5 Å². The molecule has 2 fully saturated rings. The highest BCUT2D eigenvalue weighted by Crippen LogP contribution is 2.34. The van der Waals surface area contributed by atoms with Crippen molar-refractivity contribution >= 4 is 11.7 Å². The number of amides is 1. The van der Waals surface area contributed by atoms with Crippen LogP contribution in [0.3, 0.4) is 0 Å². The summed E-state index contributed by atoms with van der Waals surface area (Å²) >= 11 is 0. The number of nitrogens with zero attached hydrogens (tertiary/aromatic N) is 4. The average molecular weight is 461 g/mol. The van der Waals surface area contributed by atoms with Crippen LogP contribution < -0.4 is 11.1 Å². The minimum absolute atomic E-state index is 0.0499. The molecule has 3 heterocycles. The molecule has 8 heteroatoms. The summed E-state index contributed by atoms with van der Waals surface area (Å²) in [5.74, 6) is -0.517. The number of rotatable bonds is 6. The number of hydrogen-bond acceptors (Lipinski definition) is 6. The van der Waals surface area contributed by atoms with Gasteiger partial charge in [0.2, 0.25) is 0 Å². The molecule has 0 radical (unpaired) electrons. The molecule has 1 aliphatic heterocycles. The third-order valence-corrected chi connectivity index (χ3v) is 6.93. The van der Waals surface area contributed by atoms with Crippen LogP contribution in [-0.2, 0) is 6.42 Å². The monoisotopic (exact) mass is 460 g/mol. The summed E-state index contributed by atoms with van der Waals surface area (Å²) in [5, 5.41) is 3.00. The van der Waals surface area contributed by atoms with Crippen LogP contribution in [0, 0.1) is 5.82 Å². The van der Waals surface area contributed by atoms with E-state index >= 15 is 4.39 Å². The molecule has 2 aromatic heterocycles. The maximum Gasteiger partial charge on any atom is 0.254 e. The van der Waals surface area contributed by atoms with Crippen molar-refractivity contribution < 1.29 is 9.18 Å². The maximum absolute atomic E-state index is 15.1. The molecular formula is C26H29FN6O. The Hall–Kier alpha value is -3.39. The highest BCUT2D eigenvalue weighted by Gasteiger charge is 2.35. The largest absolute Gasteiger partial charge is 0.384 e. The molecule has 1 saturated carbocycles. The third kappa shape index (κ3) is 4.37. The summed E-state index contributed by atoms with van der Waals surface area (Å²) in [6.07, 6.45) is 8.22. The average Bonchev–Trinajstić information content (AvgIpc) is 3.35. The Balaban J connectivity index is 1.36. The molecule has 7 nitrogen and oxygen atoms in total. The van der Waals surface area contributed by atoms with Gasteiger partial charge in [-0.05, 0) is 69.5 Å². The topological polar surface area (TPSA) is 97.0 Å². The van der Waals surface area contributed by atoms with E-state index in [1.165, 1.54) is 31.3 Å². The Morgan fingerprint density at radius 3 is 2.56 bits per heavy atom. The number of nitrogens with two attached hydrogens (primary N) is 1. The molecule has 0 bridgehead atoms. The zero-order chi connectivity index (χ0) is 23.7. The van der Waals surface area contributed by atoms with Crippen LogP contribution in [0.25, 0.3) is 22.4 Å². The summed E-state index contributed by atoms with van der Waals surface area (Å²) in [6.45, 7) is 4.31. The fraction of sp³-hybridized carbons (Fsp3) is 0.385. The van der Waals surface area contributed by atoms with E-state index in [1.54, 1.807) is 18.3 Å². The standard InChI is InChI=1S/C26H29FN6O/c1-2-22-24(17-6-8-23(28)29-14-17)25(31-15-30-22)16-5-7-20(21(27)11-16)26(34)32-18-12-19(13-18)33-9-3-4-10-33/h5-8,11,14-15,18-19H,2-4,9-10,12-13H2,1H3,(H2,28,29)(H,32,34). The number of likely N-dealkylation sites (tertiary alicyclic amines) is 1. The van der Waals surface area contributed by atoms with E-state index in [9.17, 15) is 4.79 Å². The molecule has 34 heavy (non-hydrogen) atoms. The fourth-order valence-corrected chi connectivity index (χ4v) is 4.99. The summed E-state index contributed by atoms with van der Waals surface area (Å²) in [7, 11) is 0. The van der Waals surface area contributed by atoms with Crippen molar-refractivity contribution in [2.75, 3.05) is 18.8 Å². The lowest BCUT2D eigenvalue weighted by atomic mass is 9.85. The molecule has 1 aromatic carbocycles. The molecule has 1 aliphatic carbocycles. The molecule has 1 saturated heterocycles. The summed E-state index contributed by atoms with van der Waals surface area (Å²) in [4.78, 5) is 28.3. The number of halogens is 1.